The topological polar surface area (TPSA) is 62.3 Å². The van der Waals surface area contributed by atoms with Crippen molar-refractivity contribution >= 4 is 11.8 Å². The molecule has 1 aliphatic rings. The first kappa shape index (κ1) is 11.6. The third kappa shape index (κ3) is 2.13. The third-order valence-corrected chi connectivity index (χ3v) is 2.97. The lowest BCUT2D eigenvalue weighted by molar-refractivity contribution is -0.127. The third-order valence-electron chi connectivity index (χ3n) is 2.97. The summed E-state index contributed by atoms with van der Waals surface area (Å²) in [4.78, 5) is 29.4. The van der Waals surface area contributed by atoms with E-state index in [-0.39, 0.29) is 11.8 Å². The van der Waals surface area contributed by atoms with Crippen molar-refractivity contribution in [2.75, 3.05) is 13.1 Å². The number of aromatic nitrogens is 1. The number of carbonyl (C=O) groups is 2. The molecule has 0 radical (unpaired) electrons. The highest BCUT2D eigenvalue weighted by molar-refractivity contribution is 5.97. The van der Waals surface area contributed by atoms with Crippen LogP contribution in [-0.2, 0) is 4.79 Å². The summed E-state index contributed by atoms with van der Waals surface area (Å²) >= 11 is 0. The van der Waals surface area contributed by atoms with E-state index >= 15 is 0 Å². The summed E-state index contributed by atoms with van der Waals surface area (Å²) in [5.74, 6) is -0.288. The molecule has 1 atom stereocenters. The second-order valence-corrected chi connectivity index (χ2v) is 4.13. The van der Waals surface area contributed by atoms with E-state index in [9.17, 15) is 9.59 Å². The van der Waals surface area contributed by atoms with Gasteiger partial charge in [-0.3, -0.25) is 14.6 Å². The van der Waals surface area contributed by atoms with E-state index in [2.05, 4.69) is 10.3 Å². The molecule has 1 aliphatic heterocycles. The molecule has 1 aromatic heterocycles. The van der Waals surface area contributed by atoms with Gasteiger partial charge in [0.25, 0.3) is 5.91 Å². The molecule has 2 amide bonds. The monoisotopic (exact) mass is 233 g/mol. The largest absolute Gasteiger partial charge is 0.353 e. The second kappa shape index (κ2) is 4.53. The van der Waals surface area contributed by atoms with Crippen molar-refractivity contribution in [3.63, 3.8) is 0 Å². The van der Waals surface area contributed by atoms with Crippen LogP contribution in [0.2, 0.25) is 0 Å². The zero-order valence-corrected chi connectivity index (χ0v) is 9.93. The molecular weight excluding hydrogens is 218 g/mol. The van der Waals surface area contributed by atoms with Gasteiger partial charge in [-0.05, 0) is 25.5 Å². The summed E-state index contributed by atoms with van der Waals surface area (Å²) < 4.78 is 0. The van der Waals surface area contributed by atoms with Crippen LogP contribution >= 0.6 is 0 Å². The standard InChI is InChI=1S/C12H15N3O2/c1-8-4-3-5-13-10(8)12(17)15-7-6-14-11(16)9(15)2/h3-5,9H,6-7H2,1-2H3,(H,14,16). The molecular formula is C12H15N3O2. The molecule has 0 aromatic carbocycles. The Morgan fingerprint density at radius 2 is 2.35 bits per heavy atom. The van der Waals surface area contributed by atoms with Crippen molar-refractivity contribution in [2.45, 2.75) is 19.9 Å². The van der Waals surface area contributed by atoms with Crippen LogP contribution in [0.15, 0.2) is 18.3 Å². The predicted octanol–water partition coefficient (Wildman–Crippen LogP) is 0.351. The van der Waals surface area contributed by atoms with Gasteiger partial charge in [0.2, 0.25) is 5.91 Å². The first-order valence-electron chi connectivity index (χ1n) is 5.61. The Hall–Kier alpha value is -1.91. The van der Waals surface area contributed by atoms with Gasteiger partial charge in [0, 0.05) is 19.3 Å². The molecule has 90 valence electrons. The molecule has 0 bridgehead atoms. The molecule has 0 saturated carbocycles. The van der Waals surface area contributed by atoms with Gasteiger partial charge in [-0.2, -0.15) is 0 Å². The van der Waals surface area contributed by atoms with Crippen LogP contribution in [0.3, 0.4) is 0 Å². The zero-order chi connectivity index (χ0) is 12.4. The van der Waals surface area contributed by atoms with E-state index < -0.39 is 6.04 Å². The number of hydrogen-bond acceptors (Lipinski definition) is 3. The molecule has 5 nitrogen and oxygen atoms in total. The van der Waals surface area contributed by atoms with E-state index in [0.29, 0.717) is 18.8 Å². The number of amides is 2. The maximum atomic E-state index is 12.3. The number of nitrogens with one attached hydrogen (secondary N) is 1. The maximum absolute atomic E-state index is 12.3. The Balaban J connectivity index is 2.26. The normalized spacial score (nSPS) is 20.0. The Kier molecular flexibility index (Phi) is 3.08. The first-order chi connectivity index (χ1) is 8.11. The average molecular weight is 233 g/mol. The lowest BCUT2D eigenvalue weighted by Crippen LogP contribution is -2.56. The molecule has 5 heteroatoms. The minimum atomic E-state index is -0.433. The number of aryl methyl sites for hydroxylation is 1. The summed E-state index contributed by atoms with van der Waals surface area (Å²) in [6, 6.07) is 3.20. The zero-order valence-electron chi connectivity index (χ0n) is 9.93. The molecule has 2 rings (SSSR count). The number of carbonyl (C=O) groups excluding carboxylic acids is 2. The Bertz CT molecular complexity index is 459. The van der Waals surface area contributed by atoms with Crippen LogP contribution in [0.25, 0.3) is 0 Å². The van der Waals surface area contributed by atoms with Gasteiger partial charge in [0.05, 0.1) is 0 Å². The van der Waals surface area contributed by atoms with Crippen molar-refractivity contribution in [1.82, 2.24) is 15.2 Å². The molecule has 1 N–H and O–H groups in total. The van der Waals surface area contributed by atoms with Crippen LogP contribution in [0.1, 0.15) is 23.0 Å². The number of pyridine rings is 1. The molecule has 2 heterocycles. The fourth-order valence-electron chi connectivity index (χ4n) is 1.91. The smallest absolute Gasteiger partial charge is 0.273 e. The summed E-state index contributed by atoms with van der Waals surface area (Å²) in [7, 11) is 0. The van der Waals surface area contributed by atoms with Crippen molar-refractivity contribution in [3.05, 3.63) is 29.6 Å². The fourth-order valence-corrected chi connectivity index (χ4v) is 1.91. The van der Waals surface area contributed by atoms with Crippen molar-refractivity contribution in [2.24, 2.45) is 0 Å². The van der Waals surface area contributed by atoms with E-state index in [1.807, 2.05) is 13.0 Å². The number of nitrogens with zero attached hydrogens (tertiary/aromatic N) is 2. The van der Waals surface area contributed by atoms with Gasteiger partial charge in [0.15, 0.2) is 0 Å². The minimum absolute atomic E-state index is 0.113. The highest BCUT2D eigenvalue weighted by Gasteiger charge is 2.30. The van der Waals surface area contributed by atoms with Gasteiger partial charge in [0.1, 0.15) is 11.7 Å². The molecule has 1 saturated heterocycles. The fraction of sp³-hybridized carbons (Fsp3) is 0.417. The quantitative estimate of drug-likeness (QED) is 0.761. The van der Waals surface area contributed by atoms with Crippen molar-refractivity contribution in [1.29, 1.82) is 0 Å². The highest BCUT2D eigenvalue weighted by Crippen LogP contribution is 2.12. The van der Waals surface area contributed by atoms with Crippen LogP contribution < -0.4 is 5.32 Å². The van der Waals surface area contributed by atoms with Crippen LogP contribution in [0, 0.1) is 6.92 Å². The predicted molar refractivity (Wildman–Crippen MR) is 62.5 cm³/mol. The van der Waals surface area contributed by atoms with E-state index in [4.69, 9.17) is 0 Å². The van der Waals surface area contributed by atoms with Crippen LogP contribution in [0.4, 0.5) is 0 Å². The van der Waals surface area contributed by atoms with Gasteiger partial charge in [-0.25, -0.2) is 0 Å². The Labute approximate surface area is 99.8 Å². The summed E-state index contributed by atoms with van der Waals surface area (Å²) in [6.45, 7) is 4.60. The average Bonchev–Trinajstić information content (AvgIpc) is 2.32. The molecule has 0 aliphatic carbocycles. The van der Waals surface area contributed by atoms with E-state index in [1.165, 1.54) is 0 Å². The highest BCUT2D eigenvalue weighted by atomic mass is 16.2. The van der Waals surface area contributed by atoms with E-state index in [0.717, 1.165) is 5.56 Å². The number of hydrogen-bond donors (Lipinski definition) is 1. The van der Waals surface area contributed by atoms with Crippen LogP contribution in [0.5, 0.6) is 0 Å². The van der Waals surface area contributed by atoms with E-state index in [1.54, 1.807) is 24.1 Å². The lowest BCUT2D eigenvalue weighted by atomic mass is 10.1. The molecule has 1 aromatic rings. The van der Waals surface area contributed by atoms with Crippen molar-refractivity contribution in [3.8, 4) is 0 Å². The van der Waals surface area contributed by atoms with Gasteiger partial charge < -0.3 is 10.2 Å². The molecule has 17 heavy (non-hydrogen) atoms. The summed E-state index contributed by atoms with van der Waals surface area (Å²) in [5, 5.41) is 2.73. The van der Waals surface area contributed by atoms with Gasteiger partial charge >= 0.3 is 0 Å². The number of piperazine rings is 1. The van der Waals surface area contributed by atoms with Gasteiger partial charge in [-0.1, -0.05) is 6.07 Å². The van der Waals surface area contributed by atoms with Gasteiger partial charge in [-0.15, -0.1) is 0 Å². The summed E-state index contributed by atoms with van der Waals surface area (Å²) in [5.41, 5.74) is 1.25. The second-order valence-electron chi connectivity index (χ2n) is 4.13. The summed E-state index contributed by atoms with van der Waals surface area (Å²) in [6.07, 6.45) is 1.59. The van der Waals surface area contributed by atoms with Crippen molar-refractivity contribution < 1.29 is 9.59 Å². The Morgan fingerprint density at radius 3 is 3.06 bits per heavy atom. The SMILES string of the molecule is Cc1cccnc1C(=O)N1CCNC(=O)C1C. The lowest BCUT2D eigenvalue weighted by Gasteiger charge is -2.32. The molecule has 0 spiro atoms. The molecule has 1 unspecified atom stereocenters. The first-order valence-corrected chi connectivity index (χ1v) is 5.61. The number of rotatable bonds is 1. The minimum Gasteiger partial charge on any atom is -0.353 e. The molecule has 1 fully saturated rings. The maximum Gasteiger partial charge on any atom is 0.273 e. The Morgan fingerprint density at radius 1 is 1.59 bits per heavy atom. The van der Waals surface area contributed by atoms with Crippen LogP contribution in [-0.4, -0.2) is 40.8 Å².